The maximum Gasteiger partial charge on any atom is 0.336 e. The summed E-state index contributed by atoms with van der Waals surface area (Å²) >= 11 is 1.84. The van der Waals surface area contributed by atoms with Crippen LogP contribution in [0.15, 0.2) is 23.1 Å². The first-order chi connectivity index (χ1) is 8.82. The number of benzene rings is 1. The van der Waals surface area contributed by atoms with Gasteiger partial charge in [0.15, 0.2) is 0 Å². The molecule has 1 fully saturated rings. The van der Waals surface area contributed by atoms with E-state index in [1.165, 1.54) is 16.4 Å². The summed E-state index contributed by atoms with van der Waals surface area (Å²) in [4.78, 5) is 11.0. The Morgan fingerprint density at radius 3 is 2.63 bits per heavy atom. The monoisotopic (exact) mass is 397 g/mol. The topological polar surface area (TPSA) is 94.9 Å². The van der Waals surface area contributed by atoms with Crippen LogP contribution in [-0.4, -0.2) is 48.1 Å². The van der Waals surface area contributed by atoms with Crippen molar-refractivity contribution in [2.24, 2.45) is 0 Å². The van der Waals surface area contributed by atoms with Crippen molar-refractivity contribution in [1.29, 1.82) is 0 Å². The Morgan fingerprint density at radius 1 is 1.42 bits per heavy atom. The van der Waals surface area contributed by atoms with Gasteiger partial charge in [0.1, 0.15) is 0 Å². The molecule has 8 heteroatoms. The molecule has 0 amide bonds. The number of sulfonamides is 1. The van der Waals surface area contributed by atoms with E-state index in [1.54, 1.807) is 0 Å². The zero-order valence-corrected chi connectivity index (χ0v) is 12.8. The van der Waals surface area contributed by atoms with Crippen LogP contribution >= 0.6 is 22.6 Å². The van der Waals surface area contributed by atoms with Crippen molar-refractivity contribution < 1.29 is 23.4 Å². The van der Waals surface area contributed by atoms with E-state index in [0.29, 0.717) is 9.99 Å². The molecule has 0 saturated carbocycles. The van der Waals surface area contributed by atoms with Crippen LogP contribution in [0.1, 0.15) is 16.8 Å². The number of halogens is 1. The number of aliphatic hydroxyl groups excluding tert-OH is 1. The molecule has 1 aliphatic rings. The molecule has 104 valence electrons. The van der Waals surface area contributed by atoms with Crippen LogP contribution in [0.2, 0.25) is 0 Å². The van der Waals surface area contributed by atoms with Gasteiger partial charge >= 0.3 is 5.97 Å². The minimum Gasteiger partial charge on any atom is -0.478 e. The van der Waals surface area contributed by atoms with Crippen molar-refractivity contribution in [3.05, 3.63) is 27.3 Å². The molecule has 1 aliphatic heterocycles. The van der Waals surface area contributed by atoms with E-state index in [9.17, 15) is 18.3 Å². The van der Waals surface area contributed by atoms with Crippen LogP contribution in [0.25, 0.3) is 0 Å². The van der Waals surface area contributed by atoms with Gasteiger partial charge in [-0.15, -0.1) is 0 Å². The summed E-state index contributed by atoms with van der Waals surface area (Å²) in [6, 6.07) is 4.00. The number of aliphatic hydroxyl groups is 1. The number of carboxylic acid groups (broad SMARTS) is 1. The molecule has 0 radical (unpaired) electrons. The van der Waals surface area contributed by atoms with Crippen molar-refractivity contribution in [1.82, 2.24) is 4.31 Å². The molecule has 1 atom stereocenters. The van der Waals surface area contributed by atoms with Crippen molar-refractivity contribution in [3.8, 4) is 0 Å². The molecule has 2 rings (SSSR count). The van der Waals surface area contributed by atoms with Gasteiger partial charge < -0.3 is 10.2 Å². The minimum atomic E-state index is -3.74. The van der Waals surface area contributed by atoms with E-state index in [4.69, 9.17) is 5.11 Å². The molecule has 6 nitrogen and oxygen atoms in total. The normalized spacial score (nSPS) is 20.6. The Kier molecular flexibility index (Phi) is 4.14. The number of hydrogen-bond donors (Lipinski definition) is 2. The van der Waals surface area contributed by atoms with Gasteiger partial charge in [-0.05, 0) is 47.2 Å². The van der Waals surface area contributed by atoms with Crippen LogP contribution < -0.4 is 0 Å². The fourth-order valence-electron chi connectivity index (χ4n) is 1.91. The molecule has 0 bridgehead atoms. The van der Waals surface area contributed by atoms with E-state index in [0.717, 1.165) is 6.07 Å². The number of nitrogens with zero attached hydrogens (tertiary/aromatic N) is 1. The maximum absolute atomic E-state index is 12.3. The highest BCUT2D eigenvalue weighted by atomic mass is 127. The number of carboxylic acids is 1. The number of hydrogen-bond acceptors (Lipinski definition) is 4. The SMILES string of the molecule is O=C(O)c1cc(S(=O)(=O)N2CC[C@@H](O)C2)ccc1I. The van der Waals surface area contributed by atoms with E-state index in [1.807, 2.05) is 22.6 Å². The summed E-state index contributed by atoms with van der Waals surface area (Å²) in [6.07, 6.45) is -0.257. The fourth-order valence-corrected chi connectivity index (χ4v) is 3.99. The molecule has 0 unspecified atom stereocenters. The zero-order valence-electron chi connectivity index (χ0n) is 9.78. The largest absolute Gasteiger partial charge is 0.478 e. The lowest BCUT2D eigenvalue weighted by atomic mass is 10.2. The van der Waals surface area contributed by atoms with E-state index < -0.39 is 22.1 Å². The Bertz CT molecular complexity index is 616. The number of β-amino-alcohol motifs (C(OH)–C–C–N with tert-alkyl or cyclic N) is 1. The third-order valence-electron chi connectivity index (χ3n) is 2.93. The lowest BCUT2D eigenvalue weighted by Gasteiger charge is -2.16. The van der Waals surface area contributed by atoms with Gasteiger partial charge in [0, 0.05) is 16.7 Å². The van der Waals surface area contributed by atoms with Gasteiger partial charge in [0.05, 0.1) is 16.6 Å². The van der Waals surface area contributed by atoms with Gasteiger partial charge in [-0.3, -0.25) is 0 Å². The third kappa shape index (κ3) is 2.91. The standard InChI is InChI=1S/C11H12INO5S/c12-10-2-1-8(5-9(10)11(15)16)19(17,18)13-4-3-7(14)6-13/h1-2,5,7,14H,3-4,6H2,(H,15,16)/t7-/m1/s1. The summed E-state index contributed by atoms with van der Waals surface area (Å²) in [5, 5.41) is 18.4. The van der Waals surface area contributed by atoms with Crippen LogP contribution in [0.4, 0.5) is 0 Å². The average molecular weight is 397 g/mol. The predicted octanol–water partition coefficient (Wildman–Crippen LogP) is 0.745. The van der Waals surface area contributed by atoms with Crippen LogP contribution in [0, 0.1) is 3.57 Å². The highest BCUT2D eigenvalue weighted by molar-refractivity contribution is 14.1. The van der Waals surface area contributed by atoms with Crippen LogP contribution in [-0.2, 0) is 10.0 Å². The Balaban J connectivity index is 2.41. The summed E-state index contributed by atoms with van der Waals surface area (Å²) in [5.41, 5.74) is -0.0404. The van der Waals surface area contributed by atoms with Gasteiger partial charge in [0.2, 0.25) is 10.0 Å². The summed E-state index contributed by atoms with van der Waals surface area (Å²) in [5.74, 6) is -1.16. The molecule has 1 aromatic carbocycles. The second kappa shape index (κ2) is 5.35. The lowest BCUT2D eigenvalue weighted by molar-refractivity contribution is 0.0695. The lowest BCUT2D eigenvalue weighted by Crippen LogP contribution is -2.29. The highest BCUT2D eigenvalue weighted by Crippen LogP contribution is 2.24. The molecule has 19 heavy (non-hydrogen) atoms. The summed E-state index contributed by atoms with van der Waals surface area (Å²) < 4.78 is 26.2. The average Bonchev–Trinajstić information content (AvgIpc) is 2.76. The van der Waals surface area contributed by atoms with Crippen molar-refractivity contribution in [3.63, 3.8) is 0 Å². The molecule has 1 aromatic rings. The first-order valence-electron chi connectivity index (χ1n) is 5.53. The number of rotatable bonds is 3. The first-order valence-corrected chi connectivity index (χ1v) is 8.05. The highest BCUT2D eigenvalue weighted by Gasteiger charge is 2.32. The predicted molar refractivity (Wildman–Crippen MR) is 75.5 cm³/mol. The van der Waals surface area contributed by atoms with Gasteiger partial charge in [-0.25, -0.2) is 13.2 Å². The number of carbonyl (C=O) groups is 1. The molecule has 0 spiro atoms. The van der Waals surface area contributed by atoms with Crippen molar-refractivity contribution in [2.75, 3.05) is 13.1 Å². The summed E-state index contributed by atoms with van der Waals surface area (Å²) in [6.45, 7) is 0.300. The molecule has 0 aliphatic carbocycles. The van der Waals surface area contributed by atoms with Gasteiger partial charge in [-0.2, -0.15) is 4.31 Å². The Hall–Kier alpha value is -0.710. The first kappa shape index (κ1) is 14.7. The van der Waals surface area contributed by atoms with Crippen molar-refractivity contribution >= 4 is 38.6 Å². The minimum absolute atomic E-state index is 0.0404. The van der Waals surface area contributed by atoms with Gasteiger partial charge in [0.25, 0.3) is 0 Å². The quantitative estimate of drug-likeness (QED) is 0.734. The van der Waals surface area contributed by atoms with Crippen LogP contribution in [0.5, 0.6) is 0 Å². The Labute approximate surface area is 124 Å². The Morgan fingerprint density at radius 2 is 2.11 bits per heavy atom. The smallest absolute Gasteiger partial charge is 0.336 e. The van der Waals surface area contributed by atoms with Crippen molar-refractivity contribution in [2.45, 2.75) is 17.4 Å². The number of aromatic carboxylic acids is 1. The zero-order chi connectivity index (χ0) is 14.2. The third-order valence-corrected chi connectivity index (χ3v) is 5.73. The molecule has 1 saturated heterocycles. The van der Waals surface area contributed by atoms with Crippen LogP contribution in [0.3, 0.4) is 0 Å². The molecular weight excluding hydrogens is 385 g/mol. The molecule has 0 aromatic heterocycles. The molecular formula is C11H12INO5S. The fraction of sp³-hybridized carbons (Fsp3) is 0.364. The van der Waals surface area contributed by atoms with Gasteiger partial charge in [-0.1, -0.05) is 0 Å². The van der Waals surface area contributed by atoms with E-state index in [2.05, 4.69) is 0 Å². The maximum atomic E-state index is 12.3. The van der Waals surface area contributed by atoms with E-state index >= 15 is 0 Å². The second-order valence-corrected chi connectivity index (χ2v) is 7.35. The summed E-state index contributed by atoms with van der Waals surface area (Å²) in [7, 11) is -3.74. The molecule has 1 heterocycles. The molecule has 2 N–H and O–H groups in total. The van der Waals surface area contributed by atoms with E-state index in [-0.39, 0.29) is 23.5 Å². The second-order valence-electron chi connectivity index (χ2n) is 4.25.